The molecule has 6 nitrogen and oxygen atoms in total. The minimum absolute atomic E-state index is 0.218. The van der Waals surface area contributed by atoms with Crippen LogP contribution in [0.5, 0.6) is 0 Å². The van der Waals surface area contributed by atoms with Crippen molar-refractivity contribution >= 4 is 28.3 Å². The van der Waals surface area contributed by atoms with Crippen LogP contribution in [0.1, 0.15) is 20.9 Å². The Morgan fingerprint density at radius 3 is 2.57 bits per heavy atom. The van der Waals surface area contributed by atoms with E-state index in [1.165, 1.54) is 0 Å². The molecule has 0 saturated carbocycles. The SMILES string of the molecule is Cc1nc(N)sc1C(=O)N[C@H](Cc1ccccc1)C(=O)O. The molecule has 0 fully saturated rings. The summed E-state index contributed by atoms with van der Waals surface area (Å²) in [5.41, 5.74) is 6.88. The number of aryl methyl sites for hydroxylation is 1. The predicted molar refractivity (Wildman–Crippen MR) is 80.3 cm³/mol. The van der Waals surface area contributed by atoms with Gasteiger partial charge in [0.2, 0.25) is 0 Å². The molecule has 21 heavy (non-hydrogen) atoms. The van der Waals surface area contributed by atoms with Crippen LogP contribution < -0.4 is 11.1 Å². The van der Waals surface area contributed by atoms with Gasteiger partial charge in [0.1, 0.15) is 10.9 Å². The van der Waals surface area contributed by atoms with E-state index in [4.69, 9.17) is 5.73 Å². The topological polar surface area (TPSA) is 105 Å². The van der Waals surface area contributed by atoms with Crippen LogP contribution in [-0.2, 0) is 11.2 Å². The van der Waals surface area contributed by atoms with Crippen LogP contribution in [0.4, 0.5) is 5.13 Å². The molecule has 0 saturated heterocycles. The van der Waals surface area contributed by atoms with E-state index in [0.717, 1.165) is 16.9 Å². The lowest BCUT2D eigenvalue weighted by molar-refractivity contribution is -0.139. The van der Waals surface area contributed by atoms with Gasteiger partial charge in [0.15, 0.2) is 5.13 Å². The van der Waals surface area contributed by atoms with Crippen molar-refractivity contribution in [2.45, 2.75) is 19.4 Å². The second-order valence-corrected chi connectivity index (χ2v) is 5.55. The highest BCUT2D eigenvalue weighted by Gasteiger charge is 2.23. The minimum atomic E-state index is -1.08. The number of hydrogen-bond acceptors (Lipinski definition) is 5. The molecule has 1 atom stereocenters. The molecule has 0 unspecified atom stereocenters. The molecule has 1 heterocycles. The lowest BCUT2D eigenvalue weighted by Crippen LogP contribution is -2.42. The summed E-state index contributed by atoms with van der Waals surface area (Å²) < 4.78 is 0. The zero-order valence-electron chi connectivity index (χ0n) is 11.4. The van der Waals surface area contributed by atoms with E-state index in [2.05, 4.69) is 10.3 Å². The summed E-state index contributed by atoms with van der Waals surface area (Å²) in [4.78, 5) is 27.7. The molecule has 0 radical (unpaired) electrons. The van der Waals surface area contributed by atoms with Crippen molar-refractivity contribution in [1.29, 1.82) is 0 Å². The number of nitrogens with one attached hydrogen (secondary N) is 1. The first kappa shape index (κ1) is 15.0. The van der Waals surface area contributed by atoms with Gasteiger partial charge in [-0.15, -0.1) is 0 Å². The molecule has 0 aliphatic carbocycles. The quantitative estimate of drug-likeness (QED) is 0.775. The maximum absolute atomic E-state index is 12.1. The summed E-state index contributed by atoms with van der Waals surface area (Å²) in [6.07, 6.45) is 0.218. The number of hydrogen-bond donors (Lipinski definition) is 3. The van der Waals surface area contributed by atoms with E-state index in [9.17, 15) is 14.7 Å². The summed E-state index contributed by atoms with van der Waals surface area (Å²) in [6, 6.07) is 8.13. The van der Waals surface area contributed by atoms with Gasteiger partial charge in [-0.3, -0.25) is 4.79 Å². The van der Waals surface area contributed by atoms with Crippen LogP contribution in [0.2, 0.25) is 0 Å². The van der Waals surface area contributed by atoms with E-state index in [-0.39, 0.29) is 11.6 Å². The maximum Gasteiger partial charge on any atom is 0.326 e. The van der Waals surface area contributed by atoms with Crippen LogP contribution >= 0.6 is 11.3 Å². The first-order valence-corrected chi connectivity index (χ1v) is 7.09. The molecule has 110 valence electrons. The molecular formula is C14H15N3O3S. The average Bonchev–Trinajstić information content (AvgIpc) is 2.78. The largest absolute Gasteiger partial charge is 0.480 e. The normalized spacial score (nSPS) is 11.9. The summed E-state index contributed by atoms with van der Waals surface area (Å²) in [5.74, 6) is -1.55. The molecule has 2 aromatic rings. The Hall–Kier alpha value is -2.41. The molecule has 2 rings (SSSR count). The third-order valence-electron chi connectivity index (χ3n) is 2.91. The highest BCUT2D eigenvalue weighted by Crippen LogP contribution is 2.19. The van der Waals surface area contributed by atoms with Crippen molar-refractivity contribution in [2.75, 3.05) is 5.73 Å². The number of aliphatic carboxylic acids is 1. The molecule has 1 aromatic heterocycles. The van der Waals surface area contributed by atoms with Crippen LogP contribution in [0.25, 0.3) is 0 Å². The number of rotatable bonds is 5. The highest BCUT2D eigenvalue weighted by atomic mass is 32.1. The molecule has 4 N–H and O–H groups in total. The summed E-state index contributed by atoms with van der Waals surface area (Å²) in [5, 5.41) is 12.0. The molecule has 0 spiro atoms. The van der Waals surface area contributed by atoms with Gasteiger partial charge in [0, 0.05) is 6.42 Å². The maximum atomic E-state index is 12.1. The van der Waals surface area contributed by atoms with Gasteiger partial charge in [-0.2, -0.15) is 0 Å². The van der Waals surface area contributed by atoms with Crippen molar-refractivity contribution in [3.05, 3.63) is 46.5 Å². The van der Waals surface area contributed by atoms with Gasteiger partial charge in [0.05, 0.1) is 5.69 Å². The summed E-state index contributed by atoms with van der Waals surface area (Å²) >= 11 is 1.04. The number of thiazole rings is 1. The Labute approximate surface area is 125 Å². The Bertz CT molecular complexity index is 655. The van der Waals surface area contributed by atoms with E-state index in [1.54, 1.807) is 6.92 Å². The number of carbonyl (C=O) groups is 2. The van der Waals surface area contributed by atoms with E-state index < -0.39 is 17.9 Å². The number of nitrogens with zero attached hydrogens (tertiary/aromatic N) is 1. The minimum Gasteiger partial charge on any atom is -0.480 e. The second kappa shape index (κ2) is 6.36. The number of carboxylic acid groups (broad SMARTS) is 1. The number of nitrogen functional groups attached to an aromatic ring is 1. The standard InChI is InChI=1S/C14H15N3O3S/c1-8-11(21-14(15)16-8)12(18)17-10(13(19)20)7-9-5-3-2-4-6-9/h2-6,10H,7H2,1H3,(H2,15,16)(H,17,18)(H,19,20)/t10-/m1/s1. The Kier molecular flexibility index (Phi) is 4.54. The smallest absolute Gasteiger partial charge is 0.326 e. The van der Waals surface area contributed by atoms with Crippen molar-refractivity contribution in [3.8, 4) is 0 Å². The first-order valence-electron chi connectivity index (χ1n) is 6.28. The predicted octanol–water partition coefficient (Wildman–Crippen LogP) is 1.46. The van der Waals surface area contributed by atoms with Crippen molar-refractivity contribution < 1.29 is 14.7 Å². The van der Waals surface area contributed by atoms with Gasteiger partial charge < -0.3 is 16.2 Å². The van der Waals surface area contributed by atoms with Gasteiger partial charge in [-0.05, 0) is 12.5 Å². The number of amides is 1. The number of carboxylic acids is 1. The van der Waals surface area contributed by atoms with Crippen LogP contribution in [-0.4, -0.2) is 28.0 Å². The molecule has 0 aliphatic heterocycles. The third kappa shape index (κ3) is 3.79. The van der Waals surface area contributed by atoms with Gasteiger partial charge >= 0.3 is 5.97 Å². The lowest BCUT2D eigenvalue weighted by atomic mass is 10.1. The molecule has 1 aromatic carbocycles. The fraction of sp³-hybridized carbons (Fsp3) is 0.214. The van der Waals surface area contributed by atoms with E-state index in [0.29, 0.717) is 10.6 Å². The molecule has 1 amide bonds. The molecule has 0 bridgehead atoms. The Morgan fingerprint density at radius 1 is 1.38 bits per heavy atom. The Morgan fingerprint density at radius 2 is 2.05 bits per heavy atom. The van der Waals surface area contributed by atoms with Crippen LogP contribution in [0, 0.1) is 6.92 Å². The Balaban J connectivity index is 2.11. The van der Waals surface area contributed by atoms with E-state index in [1.807, 2.05) is 30.3 Å². The highest BCUT2D eigenvalue weighted by molar-refractivity contribution is 7.17. The van der Waals surface area contributed by atoms with Crippen molar-refractivity contribution in [2.24, 2.45) is 0 Å². The second-order valence-electron chi connectivity index (χ2n) is 4.52. The summed E-state index contributed by atoms with van der Waals surface area (Å²) in [7, 11) is 0. The zero-order chi connectivity index (χ0) is 15.4. The number of benzene rings is 1. The monoisotopic (exact) mass is 305 g/mol. The summed E-state index contributed by atoms with van der Waals surface area (Å²) in [6.45, 7) is 1.66. The fourth-order valence-corrected chi connectivity index (χ4v) is 2.64. The fourth-order valence-electron chi connectivity index (χ4n) is 1.90. The van der Waals surface area contributed by atoms with Crippen molar-refractivity contribution in [3.63, 3.8) is 0 Å². The lowest BCUT2D eigenvalue weighted by Gasteiger charge is -2.14. The first-order chi connectivity index (χ1) is 9.97. The number of anilines is 1. The zero-order valence-corrected chi connectivity index (χ0v) is 12.2. The van der Waals surface area contributed by atoms with Crippen LogP contribution in [0.3, 0.4) is 0 Å². The average molecular weight is 305 g/mol. The van der Waals surface area contributed by atoms with Crippen molar-refractivity contribution in [1.82, 2.24) is 10.3 Å². The number of carbonyl (C=O) groups excluding carboxylic acids is 1. The molecule has 7 heteroatoms. The van der Waals surface area contributed by atoms with E-state index >= 15 is 0 Å². The number of nitrogens with two attached hydrogens (primary N) is 1. The van der Waals surface area contributed by atoms with Gasteiger partial charge in [-0.1, -0.05) is 41.7 Å². The van der Waals surface area contributed by atoms with Crippen LogP contribution in [0.15, 0.2) is 30.3 Å². The molecular weight excluding hydrogens is 290 g/mol. The third-order valence-corrected chi connectivity index (χ3v) is 3.89. The van der Waals surface area contributed by atoms with Gasteiger partial charge in [-0.25, -0.2) is 9.78 Å². The number of aromatic nitrogens is 1. The van der Waals surface area contributed by atoms with Gasteiger partial charge in [0.25, 0.3) is 5.91 Å². The molecule has 0 aliphatic rings.